The Hall–Kier alpha value is -1.85. The molecule has 0 heterocycles. The first-order valence-corrected chi connectivity index (χ1v) is 8.92. The lowest BCUT2D eigenvalue weighted by atomic mass is 10.2. The summed E-state index contributed by atoms with van der Waals surface area (Å²) < 4.78 is 0.937. The van der Waals surface area contributed by atoms with Crippen molar-refractivity contribution in [3.8, 4) is 5.75 Å². The molecule has 0 saturated carbocycles. The van der Waals surface area contributed by atoms with E-state index in [2.05, 4.69) is 33.1 Å². The highest BCUT2D eigenvalue weighted by molar-refractivity contribution is 9.10. The second kappa shape index (κ2) is 9.45. The molecule has 0 aromatic heterocycles. The van der Waals surface area contributed by atoms with Gasteiger partial charge in [0.15, 0.2) is 0 Å². The lowest BCUT2D eigenvalue weighted by molar-refractivity contribution is -0.116. The summed E-state index contributed by atoms with van der Waals surface area (Å²) in [4.78, 5) is 14.3. The van der Waals surface area contributed by atoms with Crippen molar-refractivity contribution in [2.45, 2.75) is 26.3 Å². The summed E-state index contributed by atoms with van der Waals surface area (Å²) in [5.41, 5.74) is 1.68. The molecule has 0 spiro atoms. The molecule has 0 aliphatic carbocycles. The molecule has 4 nitrogen and oxygen atoms in total. The Morgan fingerprint density at radius 3 is 2.67 bits per heavy atom. The van der Waals surface area contributed by atoms with Crippen molar-refractivity contribution in [2.75, 3.05) is 18.4 Å². The van der Waals surface area contributed by atoms with Crippen molar-refractivity contribution >= 4 is 27.5 Å². The molecule has 128 valence electrons. The second-order valence-electron chi connectivity index (χ2n) is 5.71. The molecular weight excluding hydrogens is 368 g/mol. The third-order valence-corrected chi connectivity index (χ3v) is 4.18. The zero-order valence-corrected chi connectivity index (χ0v) is 15.4. The van der Waals surface area contributed by atoms with Gasteiger partial charge in [-0.05, 0) is 37.2 Å². The lowest BCUT2D eigenvalue weighted by Crippen LogP contribution is -2.28. The SMILES string of the molecule is CCCN(CCC(=O)Nc1cccc(Br)c1)Cc1ccccc1O. The molecule has 2 aromatic rings. The van der Waals surface area contributed by atoms with Gasteiger partial charge in [-0.2, -0.15) is 0 Å². The van der Waals surface area contributed by atoms with Crippen LogP contribution < -0.4 is 5.32 Å². The summed E-state index contributed by atoms with van der Waals surface area (Å²) in [5, 5.41) is 12.8. The third-order valence-electron chi connectivity index (χ3n) is 3.69. The molecule has 2 N–H and O–H groups in total. The molecule has 0 bridgehead atoms. The van der Waals surface area contributed by atoms with E-state index < -0.39 is 0 Å². The zero-order chi connectivity index (χ0) is 17.4. The van der Waals surface area contributed by atoms with E-state index in [0.717, 1.165) is 28.7 Å². The van der Waals surface area contributed by atoms with Crippen LogP contribution in [-0.4, -0.2) is 29.0 Å². The van der Waals surface area contributed by atoms with Gasteiger partial charge >= 0.3 is 0 Å². The van der Waals surface area contributed by atoms with Crippen molar-refractivity contribution in [1.82, 2.24) is 4.90 Å². The summed E-state index contributed by atoms with van der Waals surface area (Å²) in [5.74, 6) is 0.295. The minimum atomic E-state index is -0.00788. The molecular formula is C19H23BrN2O2. The first-order valence-electron chi connectivity index (χ1n) is 8.13. The summed E-state index contributed by atoms with van der Waals surface area (Å²) in [6, 6.07) is 14.9. The van der Waals surface area contributed by atoms with Gasteiger partial charge in [-0.1, -0.05) is 47.1 Å². The van der Waals surface area contributed by atoms with Gasteiger partial charge in [0.1, 0.15) is 5.75 Å². The number of amides is 1. The minimum absolute atomic E-state index is 0.00788. The van der Waals surface area contributed by atoms with E-state index in [4.69, 9.17) is 0 Å². The number of aromatic hydroxyl groups is 1. The van der Waals surface area contributed by atoms with Gasteiger partial charge in [0, 0.05) is 35.2 Å². The average molecular weight is 391 g/mol. The van der Waals surface area contributed by atoms with E-state index in [1.165, 1.54) is 0 Å². The number of halogens is 1. The average Bonchev–Trinajstić information content (AvgIpc) is 2.55. The first kappa shape index (κ1) is 18.5. The van der Waals surface area contributed by atoms with Crippen LogP contribution in [-0.2, 0) is 11.3 Å². The number of anilines is 1. The largest absolute Gasteiger partial charge is 0.508 e. The van der Waals surface area contributed by atoms with Crippen molar-refractivity contribution in [3.63, 3.8) is 0 Å². The second-order valence-corrected chi connectivity index (χ2v) is 6.63. The van der Waals surface area contributed by atoms with Crippen LogP contribution in [0.1, 0.15) is 25.3 Å². The molecule has 0 atom stereocenters. The predicted octanol–water partition coefficient (Wildman–Crippen LogP) is 4.40. The van der Waals surface area contributed by atoms with Crippen LogP contribution in [0, 0.1) is 0 Å². The van der Waals surface area contributed by atoms with Crippen LogP contribution in [0.4, 0.5) is 5.69 Å². The Morgan fingerprint density at radius 1 is 1.17 bits per heavy atom. The fourth-order valence-corrected chi connectivity index (χ4v) is 2.92. The molecule has 24 heavy (non-hydrogen) atoms. The van der Waals surface area contributed by atoms with E-state index in [9.17, 15) is 9.90 Å². The number of carbonyl (C=O) groups is 1. The number of benzene rings is 2. The maximum absolute atomic E-state index is 12.1. The van der Waals surface area contributed by atoms with Crippen LogP contribution in [0.25, 0.3) is 0 Å². The fraction of sp³-hybridized carbons (Fsp3) is 0.316. The molecule has 5 heteroatoms. The number of nitrogens with one attached hydrogen (secondary N) is 1. The van der Waals surface area contributed by atoms with Gasteiger partial charge in [-0.15, -0.1) is 0 Å². The number of carbonyl (C=O) groups excluding carboxylic acids is 1. The number of hydrogen-bond acceptors (Lipinski definition) is 3. The number of nitrogens with zero attached hydrogens (tertiary/aromatic N) is 1. The van der Waals surface area contributed by atoms with E-state index in [1.807, 2.05) is 42.5 Å². The smallest absolute Gasteiger partial charge is 0.225 e. The summed E-state index contributed by atoms with van der Waals surface area (Å²) in [6.07, 6.45) is 1.42. The zero-order valence-electron chi connectivity index (χ0n) is 13.8. The topological polar surface area (TPSA) is 52.6 Å². The normalized spacial score (nSPS) is 10.8. The number of hydrogen-bond donors (Lipinski definition) is 2. The van der Waals surface area contributed by atoms with E-state index in [-0.39, 0.29) is 5.91 Å². The summed E-state index contributed by atoms with van der Waals surface area (Å²) in [7, 11) is 0. The van der Waals surface area contributed by atoms with Crippen LogP contribution in [0.5, 0.6) is 5.75 Å². The highest BCUT2D eigenvalue weighted by atomic mass is 79.9. The molecule has 0 aliphatic rings. The molecule has 0 saturated heterocycles. The highest BCUT2D eigenvalue weighted by Crippen LogP contribution is 2.18. The maximum atomic E-state index is 12.1. The number of para-hydroxylation sites is 1. The van der Waals surface area contributed by atoms with E-state index in [0.29, 0.717) is 25.3 Å². The molecule has 0 aliphatic heterocycles. The van der Waals surface area contributed by atoms with E-state index >= 15 is 0 Å². The summed E-state index contributed by atoms with van der Waals surface area (Å²) in [6.45, 7) is 4.30. The quantitative estimate of drug-likeness (QED) is 0.702. The minimum Gasteiger partial charge on any atom is -0.508 e. The van der Waals surface area contributed by atoms with Crippen LogP contribution >= 0.6 is 15.9 Å². The Bertz CT molecular complexity index is 676. The van der Waals surface area contributed by atoms with Crippen molar-refractivity contribution < 1.29 is 9.90 Å². The monoisotopic (exact) mass is 390 g/mol. The standard InChI is InChI=1S/C19H23BrN2O2/c1-2-11-22(14-15-6-3-4-9-18(15)23)12-10-19(24)21-17-8-5-7-16(20)13-17/h3-9,13,23H,2,10-12,14H2,1H3,(H,21,24). The van der Waals surface area contributed by atoms with Crippen LogP contribution in [0.2, 0.25) is 0 Å². The molecule has 0 fully saturated rings. The highest BCUT2D eigenvalue weighted by Gasteiger charge is 2.11. The van der Waals surface area contributed by atoms with Gasteiger partial charge in [0.2, 0.25) is 5.91 Å². The Labute approximate surface area is 151 Å². The Balaban J connectivity index is 1.88. The lowest BCUT2D eigenvalue weighted by Gasteiger charge is -2.22. The third kappa shape index (κ3) is 5.98. The molecule has 0 unspecified atom stereocenters. The molecule has 2 rings (SSSR count). The number of phenolic OH excluding ortho intramolecular Hbond substituents is 1. The van der Waals surface area contributed by atoms with E-state index in [1.54, 1.807) is 6.07 Å². The Morgan fingerprint density at radius 2 is 1.96 bits per heavy atom. The summed E-state index contributed by atoms with van der Waals surface area (Å²) >= 11 is 3.40. The van der Waals surface area contributed by atoms with Gasteiger partial charge in [0.25, 0.3) is 0 Å². The van der Waals surface area contributed by atoms with Crippen molar-refractivity contribution in [2.24, 2.45) is 0 Å². The van der Waals surface area contributed by atoms with Crippen LogP contribution in [0.3, 0.4) is 0 Å². The molecule has 0 radical (unpaired) electrons. The predicted molar refractivity (Wildman–Crippen MR) is 101 cm³/mol. The van der Waals surface area contributed by atoms with Gasteiger partial charge < -0.3 is 10.4 Å². The number of phenols is 1. The molecule has 1 amide bonds. The van der Waals surface area contributed by atoms with Gasteiger partial charge in [-0.3, -0.25) is 9.69 Å². The fourth-order valence-electron chi connectivity index (χ4n) is 2.52. The van der Waals surface area contributed by atoms with Crippen molar-refractivity contribution in [1.29, 1.82) is 0 Å². The maximum Gasteiger partial charge on any atom is 0.225 e. The first-order chi connectivity index (χ1) is 11.6. The number of rotatable bonds is 8. The van der Waals surface area contributed by atoms with Crippen molar-refractivity contribution in [3.05, 3.63) is 58.6 Å². The Kier molecular flexibility index (Phi) is 7.28. The van der Waals surface area contributed by atoms with Gasteiger partial charge in [0.05, 0.1) is 0 Å². The van der Waals surface area contributed by atoms with Gasteiger partial charge in [-0.25, -0.2) is 0 Å². The molecule has 2 aromatic carbocycles. The van der Waals surface area contributed by atoms with Crippen LogP contribution in [0.15, 0.2) is 53.0 Å².